The van der Waals surface area contributed by atoms with Crippen molar-refractivity contribution in [3.63, 3.8) is 0 Å². The molecule has 1 N–H and O–H groups in total. The van der Waals surface area contributed by atoms with E-state index >= 15 is 0 Å². The summed E-state index contributed by atoms with van der Waals surface area (Å²) in [5, 5.41) is 11.5. The van der Waals surface area contributed by atoms with Crippen LogP contribution in [0.3, 0.4) is 0 Å². The summed E-state index contributed by atoms with van der Waals surface area (Å²) in [6, 6.07) is 37.8. The van der Waals surface area contributed by atoms with Crippen LogP contribution in [0, 0.1) is 0 Å². The molecular formula is C47H54O12. The minimum Gasteiger partial charge on any atom is -0.450 e. The fraction of sp³-hybridized carbons (Fsp3) is 0.383. The van der Waals surface area contributed by atoms with E-state index in [1.54, 1.807) is 36.4 Å². The summed E-state index contributed by atoms with van der Waals surface area (Å²) in [5.41, 5.74) is 3.08. The maximum atomic E-state index is 14.0. The van der Waals surface area contributed by atoms with Gasteiger partial charge in [-0.2, -0.15) is 0 Å². The number of rotatable bonds is 22. The molecule has 314 valence electrons. The largest absolute Gasteiger partial charge is 0.450 e. The van der Waals surface area contributed by atoms with Crippen LogP contribution < -0.4 is 0 Å². The van der Waals surface area contributed by atoms with Crippen LogP contribution in [0.1, 0.15) is 27.0 Å². The molecule has 2 aliphatic rings. The molecule has 2 saturated heterocycles. The van der Waals surface area contributed by atoms with Crippen LogP contribution in [0.4, 0.5) is 0 Å². The number of aliphatic hydroxyl groups excluding tert-OH is 1. The number of hydrogen-bond acceptors (Lipinski definition) is 12. The number of carbonyl (C=O) groups is 1. The van der Waals surface area contributed by atoms with Crippen LogP contribution in [-0.4, -0.2) is 106 Å². The lowest BCUT2D eigenvalue weighted by Gasteiger charge is -2.49. The summed E-state index contributed by atoms with van der Waals surface area (Å²) in [4.78, 5) is 14.0. The first-order valence-corrected chi connectivity index (χ1v) is 19.8. The van der Waals surface area contributed by atoms with Gasteiger partial charge < -0.3 is 52.5 Å². The summed E-state index contributed by atoms with van der Waals surface area (Å²) in [6.07, 6.45) is -7.31. The first-order valence-electron chi connectivity index (χ1n) is 19.8. The van der Waals surface area contributed by atoms with Gasteiger partial charge in [-0.3, -0.25) is 0 Å². The molecule has 12 nitrogen and oxygen atoms in total. The highest BCUT2D eigenvalue weighted by Crippen LogP contribution is 2.35. The molecule has 12 heteroatoms. The molecule has 0 saturated carbocycles. The van der Waals surface area contributed by atoms with Gasteiger partial charge >= 0.3 is 5.97 Å². The van der Waals surface area contributed by atoms with Gasteiger partial charge in [0.15, 0.2) is 18.7 Å². The Morgan fingerprint density at radius 1 is 0.593 bits per heavy atom. The number of aliphatic hydroxyl groups is 1. The van der Waals surface area contributed by atoms with Crippen molar-refractivity contribution >= 4 is 5.97 Å². The SMILES string of the molecule is C=CCOCC1OC(OC)C(O)C(OCC=C)C1OC1OC(COCc2ccccc2)C(OCc2ccccc2)C(OCc2ccccc2)C1OC(=O)c1ccccc1. The van der Waals surface area contributed by atoms with E-state index in [1.807, 2.05) is 97.1 Å². The summed E-state index contributed by atoms with van der Waals surface area (Å²) in [7, 11) is 1.43. The number of hydrogen-bond donors (Lipinski definition) is 1. The summed E-state index contributed by atoms with van der Waals surface area (Å²) >= 11 is 0. The number of carbonyl (C=O) groups excluding carboxylic acids is 1. The van der Waals surface area contributed by atoms with Gasteiger partial charge in [-0.25, -0.2) is 4.79 Å². The maximum Gasteiger partial charge on any atom is 0.338 e. The predicted molar refractivity (Wildman–Crippen MR) is 218 cm³/mol. The molecule has 2 heterocycles. The highest BCUT2D eigenvalue weighted by atomic mass is 16.8. The molecule has 6 rings (SSSR count). The topological polar surface area (TPSA) is 130 Å². The Hall–Kier alpha value is -4.57. The van der Waals surface area contributed by atoms with Crippen molar-refractivity contribution < 1.29 is 57.3 Å². The first kappa shape index (κ1) is 44.0. The zero-order valence-corrected chi connectivity index (χ0v) is 33.3. The van der Waals surface area contributed by atoms with Gasteiger partial charge in [0.1, 0.15) is 42.7 Å². The minimum atomic E-state index is -1.33. The van der Waals surface area contributed by atoms with E-state index in [0.29, 0.717) is 12.2 Å². The van der Waals surface area contributed by atoms with E-state index in [-0.39, 0.29) is 39.6 Å². The smallest absolute Gasteiger partial charge is 0.338 e. The van der Waals surface area contributed by atoms with Crippen molar-refractivity contribution in [3.8, 4) is 0 Å². The fourth-order valence-electron chi connectivity index (χ4n) is 6.99. The van der Waals surface area contributed by atoms with Crippen molar-refractivity contribution in [3.05, 3.63) is 169 Å². The van der Waals surface area contributed by atoms with E-state index in [0.717, 1.165) is 16.7 Å². The average Bonchev–Trinajstić information content (AvgIpc) is 3.28. The lowest BCUT2D eigenvalue weighted by molar-refractivity contribution is -0.366. The molecule has 0 aromatic heterocycles. The van der Waals surface area contributed by atoms with Crippen LogP contribution >= 0.6 is 0 Å². The number of methoxy groups -OCH3 is 1. The van der Waals surface area contributed by atoms with E-state index in [1.165, 1.54) is 7.11 Å². The first-order chi connectivity index (χ1) is 29.0. The predicted octanol–water partition coefficient (Wildman–Crippen LogP) is 6.22. The van der Waals surface area contributed by atoms with Crippen molar-refractivity contribution in [1.29, 1.82) is 0 Å². The lowest BCUT2D eigenvalue weighted by atomic mass is 9.96. The molecule has 2 aliphatic heterocycles. The summed E-state index contributed by atoms with van der Waals surface area (Å²) in [5.74, 6) is -0.633. The summed E-state index contributed by atoms with van der Waals surface area (Å²) in [6.45, 7) is 8.54. The monoisotopic (exact) mass is 810 g/mol. The van der Waals surface area contributed by atoms with Crippen LogP contribution in [0.5, 0.6) is 0 Å². The molecule has 10 atom stereocenters. The molecule has 4 aromatic carbocycles. The van der Waals surface area contributed by atoms with Crippen LogP contribution in [0.15, 0.2) is 147 Å². The Labute approximate surface area is 346 Å². The molecular weight excluding hydrogens is 757 g/mol. The second-order valence-corrected chi connectivity index (χ2v) is 14.1. The zero-order chi connectivity index (χ0) is 41.2. The van der Waals surface area contributed by atoms with Crippen molar-refractivity contribution in [1.82, 2.24) is 0 Å². The number of benzene rings is 4. The van der Waals surface area contributed by atoms with E-state index in [9.17, 15) is 9.90 Å². The van der Waals surface area contributed by atoms with Gasteiger partial charge in [-0.05, 0) is 28.8 Å². The molecule has 0 aliphatic carbocycles. The van der Waals surface area contributed by atoms with E-state index < -0.39 is 67.4 Å². The van der Waals surface area contributed by atoms with Crippen molar-refractivity contribution in [2.45, 2.75) is 81.2 Å². The van der Waals surface area contributed by atoms with E-state index in [4.69, 9.17) is 47.4 Å². The van der Waals surface area contributed by atoms with Gasteiger partial charge in [0.25, 0.3) is 0 Å². The van der Waals surface area contributed by atoms with Gasteiger partial charge in [0, 0.05) is 7.11 Å². The Kier molecular flexibility index (Phi) is 17.4. The average molecular weight is 811 g/mol. The van der Waals surface area contributed by atoms with Gasteiger partial charge in [-0.15, -0.1) is 13.2 Å². The van der Waals surface area contributed by atoms with Crippen LogP contribution in [-0.2, 0) is 67.2 Å². The van der Waals surface area contributed by atoms with Crippen molar-refractivity contribution in [2.24, 2.45) is 0 Å². The fourth-order valence-corrected chi connectivity index (χ4v) is 6.99. The number of ether oxygens (including phenoxy) is 10. The van der Waals surface area contributed by atoms with Crippen molar-refractivity contribution in [2.75, 3.05) is 33.5 Å². The highest BCUT2D eigenvalue weighted by Gasteiger charge is 2.54. The van der Waals surface area contributed by atoms with Crippen LogP contribution in [0.2, 0.25) is 0 Å². The second-order valence-electron chi connectivity index (χ2n) is 14.1. The third kappa shape index (κ3) is 12.5. The minimum absolute atomic E-state index is 0.0127. The summed E-state index contributed by atoms with van der Waals surface area (Å²) < 4.78 is 63.7. The Bertz CT molecular complexity index is 1810. The molecule has 59 heavy (non-hydrogen) atoms. The Morgan fingerprint density at radius 2 is 1.10 bits per heavy atom. The quantitative estimate of drug-likeness (QED) is 0.0550. The lowest BCUT2D eigenvalue weighted by Crippen LogP contribution is -2.66. The Morgan fingerprint density at radius 3 is 1.68 bits per heavy atom. The number of esters is 1. The van der Waals surface area contributed by atoms with Crippen LogP contribution in [0.25, 0.3) is 0 Å². The standard InChI is InChI=1S/C47H54O12/c1-4-26-51-31-38-41(42(53-27-5-2)39(48)46(50-3)56-38)59-47-44(58-45(49)36-24-16-9-17-25-36)43(55-30-35-22-14-8-15-23-35)40(54-29-34-20-12-7-13-21-34)37(57-47)32-52-28-33-18-10-6-11-19-33/h4-25,37-44,46-48H,1-2,26-32H2,3H3. The molecule has 2 fully saturated rings. The van der Waals surface area contributed by atoms with Gasteiger partial charge in [0.05, 0.1) is 51.8 Å². The molecule has 0 bridgehead atoms. The third-order valence-corrected chi connectivity index (χ3v) is 9.87. The van der Waals surface area contributed by atoms with Gasteiger partial charge in [0.2, 0.25) is 0 Å². The molecule has 10 unspecified atom stereocenters. The van der Waals surface area contributed by atoms with Gasteiger partial charge in [-0.1, -0.05) is 121 Å². The normalized spacial score (nSPS) is 26.8. The third-order valence-electron chi connectivity index (χ3n) is 9.87. The molecule has 0 radical (unpaired) electrons. The highest BCUT2D eigenvalue weighted by molar-refractivity contribution is 5.89. The maximum absolute atomic E-state index is 14.0. The molecule has 0 spiro atoms. The molecule has 4 aromatic rings. The second kappa shape index (κ2) is 23.3. The zero-order valence-electron chi connectivity index (χ0n) is 33.3. The molecule has 0 amide bonds. The van der Waals surface area contributed by atoms with E-state index in [2.05, 4.69) is 13.2 Å². The Balaban J connectivity index is 1.41.